The van der Waals surface area contributed by atoms with E-state index in [9.17, 15) is 0 Å². The maximum Gasteiger partial charge on any atom is 0.0547 e. The highest BCUT2D eigenvalue weighted by Crippen LogP contribution is 2.43. The van der Waals surface area contributed by atoms with Crippen LogP contribution in [0.4, 0.5) is 0 Å². The van der Waals surface area contributed by atoms with Gasteiger partial charge in [0.05, 0.1) is 22.1 Å². The standard InChI is InChI=1S/C48H32N2/c1-4-16-33(17-5-1)34-30-35(39-24-14-28-45-47(39)41-22-10-12-26-43(41)49(45)37-18-6-2-7-19-37)32-36(31-34)40-25-15-29-46-48(40)42-23-11-13-27-44(42)50(46)38-20-8-3-9-21-38/h1-32H. The van der Waals surface area contributed by atoms with Crippen LogP contribution in [0.1, 0.15) is 0 Å². The van der Waals surface area contributed by atoms with E-state index in [1.54, 1.807) is 0 Å². The van der Waals surface area contributed by atoms with Crippen LogP contribution in [0.5, 0.6) is 0 Å². The summed E-state index contributed by atoms with van der Waals surface area (Å²) in [4.78, 5) is 0. The number of aromatic nitrogens is 2. The SMILES string of the molecule is c1ccc(-c2cc(-c3cccc4c3c3ccccc3n4-c3ccccc3)cc(-c3cccc4c3c3ccccc3n4-c3ccccc3)c2)cc1. The fraction of sp³-hybridized carbons (Fsp3) is 0. The van der Waals surface area contributed by atoms with Crippen molar-refractivity contribution in [2.45, 2.75) is 0 Å². The van der Waals surface area contributed by atoms with E-state index in [1.807, 2.05) is 0 Å². The average Bonchev–Trinajstić information content (AvgIpc) is 3.72. The number of rotatable bonds is 5. The summed E-state index contributed by atoms with van der Waals surface area (Å²) in [5, 5.41) is 5.03. The van der Waals surface area contributed by atoms with Crippen LogP contribution in [-0.4, -0.2) is 9.13 Å². The molecule has 0 aliphatic rings. The zero-order valence-electron chi connectivity index (χ0n) is 27.4. The lowest BCUT2D eigenvalue weighted by atomic mass is 9.90. The molecule has 234 valence electrons. The van der Waals surface area contributed by atoms with Gasteiger partial charge in [0, 0.05) is 32.9 Å². The van der Waals surface area contributed by atoms with Gasteiger partial charge in [-0.3, -0.25) is 0 Å². The largest absolute Gasteiger partial charge is 0.309 e. The second kappa shape index (κ2) is 11.5. The van der Waals surface area contributed by atoms with E-state index in [2.05, 4.69) is 203 Å². The molecular formula is C48H32N2. The summed E-state index contributed by atoms with van der Waals surface area (Å²) in [5.74, 6) is 0. The van der Waals surface area contributed by atoms with E-state index in [0.29, 0.717) is 0 Å². The van der Waals surface area contributed by atoms with Crippen LogP contribution in [0.3, 0.4) is 0 Å². The number of nitrogens with zero attached hydrogens (tertiary/aromatic N) is 2. The molecule has 0 radical (unpaired) electrons. The molecule has 0 saturated heterocycles. The number of hydrogen-bond acceptors (Lipinski definition) is 0. The molecule has 0 unspecified atom stereocenters. The topological polar surface area (TPSA) is 9.86 Å². The molecule has 0 bridgehead atoms. The molecule has 2 heterocycles. The van der Waals surface area contributed by atoms with E-state index in [0.717, 1.165) is 11.4 Å². The Morgan fingerprint density at radius 3 is 1.12 bits per heavy atom. The molecule has 2 nitrogen and oxygen atoms in total. The van der Waals surface area contributed by atoms with Crippen molar-refractivity contribution in [1.29, 1.82) is 0 Å². The van der Waals surface area contributed by atoms with Crippen molar-refractivity contribution in [3.05, 3.63) is 194 Å². The summed E-state index contributed by atoms with van der Waals surface area (Å²) in [6.07, 6.45) is 0. The minimum Gasteiger partial charge on any atom is -0.309 e. The molecule has 0 saturated carbocycles. The van der Waals surface area contributed by atoms with Crippen molar-refractivity contribution < 1.29 is 0 Å². The second-order valence-corrected chi connectivity index (χ2v) is 12.9. The lowest BCUT2D eigenvalue weighted by Crippen LogP contribution is -1.93. The summed E-state index contributed by atoms with van der Waals surface area (Å²) in [6, 6.07) is 70.4. The fourth-order valence-electron chi connectivity index (χ4n) is 7.97. The van der Waals surface area contributed by atoms with Crippen molar-refractivity contribution in [3.63, 3.8) is 0 Å². The van der Waals surface area contributed by atoms with Crippen LogP contribution in [0.25, 0.3) is 88.4 Å². The summed E-state index contributed by atoms with van der Waals surface area (Å²) in [5.41, 5.74) is 14.4. The van der Waals surface area contributed by atoms with Crippen LogP contribution in [0.2, 0.25) is 0 Å². The molecule has 0 amide bonds. The average molecular weight is 637 g/mol. The van der Waals surface area contributed by atoms with Gasteiger partial charge in [0.25, 0.3) is 0 Å². The molecule has 2 aromatic heterocycles. The monoisotopic (exact) mass is 636 g/mol. The summed E-state index contributed by atoms with van der Waals surface area (Å²) >= 11 is 0. The van der Waals surface area contributed by atoms with Crippen molar-refractivity contribution in [2.75, 3.05) is 0 Å². The van der Waals surface area contributed by atoms with Gasteiger partial charge in [-0.1, -0.05) is 127 Å². The molecule has 10 aromatic rings. The summed E-state index contributed by atoms with van der Waals surface area (Å²) < 4.78 is 4.80. The molecule has 50 heavy (non-hydrogen) atoms. The Hall–Kier alpha value is -6.64. The lowest BCUT2D eigenvalue weighted by molar-refractivity contribution is 1.18. The normalized spacial score (nSPS) is 11.6. The maximum atomic E-state index is 2.40. The third-order valence-corrected chi connectivity index (χ3v) is 10.1. The number of benzene rings is 8. The van der Waals surface area contributed by atoms with E-state index >= 15 is 0 Å². The minimum absolute atomic E-state index is 1.16. The first-order chi connectivity index (χ1) is 24.8. The Balaban J connectivity index is 1.28. The predicted octanol–water partition coefficient (Wildman–Crippen LogP) is 12.9. The molecule has 0 atom stereocenters. The van der Waals surface area contributed by atoms with Gasteiger partial charge in [0.15, 0.2) is 0 Å². The molecule has 0 N–H and O–H groups in total. The number of para-hydroxylation sites is 4. The Morgan fingerprint density at radius 2 is 0.640 bits per heavy atom. The van der Waals surface area contributed by atoms with Gasteiger partial charge in [-0.2, -0.15) is 0 Å². The lowest BCUT2D eigenvalue weighted by Gasteiger charge is -2.14. The summed E-state index contributed by atoms with van der Waals surface area (Å²) in [7, 11) is 0. The number of hydrogen-bond donors (Lipinski definition) is 0. The quantitative estimate of drug-likeness (QED) is 0.178. The van der Waals surface area contributed by atoms with Crippen LogP contribution in [-0.2, 0) is 0 Å². The Bertz CT molecular complexity index is 2670. The van der Waals surface area contributed by atoms with E-state index in [4.69, 9.17) is 0 Å². The number of fused-ring (bicyclic) bond motifs is 6. The molecule has 10 rings (SSSR count). The van der Waals surface area contributed by atoms with Crippen molar-refractivity contribution >= 4 is 43.6 Å². The van der Waals surface area contributed by atoms with Crippen molar-refractivity contribution in [3.8, 4) is 44.8 Å². The molecule has 2 heteroatoms. The van der Waals surface area contributed by atoms with Gasteiger partial charge < -0.3 is 9.13 Å². The third kappa shape index (κ3) is 4.43. The predicted molar refractivity (Wildman–Crippen MR) is 211 cm³/mol. The van der Waals surface area contributed by atoms with E-state index < -0.39 is 0 Å². The van der Waals surface area contributed by atoms with E-state index in [1.165, 1.54) is 77.0 Å². The zero-order chi connectivity index (χ0) is 33.0. The highest BCUT2D eigenvalue weighted by Gasteiger charge is 2.19. The Morgan fingerprint density at radius 1 is 0.260 bits per heavy atom. The van der Waals surface area contributed by atoms with Gasteiger partial charge in [-0.25, -0.2) is 0 Å². The van der Waals surface area contributed by atoms with E-state index in [-0.39, 0.29) is 0 Å². The molecule has 0 aliphatic heterocycles. The maximum absolute atomic E-state index is 2.40. The van der Waals surface area contributed by atoms with Crippen molar-refractivity contribution in [2.24, 2.45) is 0 Å². The van der Waals surface area contributed by atoms with Crippen molar-refractivity contribution in [1.82, 2.24) is 9.13 Å². The van der Waals surface area contributed by atoms with Gasteiger partial charge >= 0.3 is 0 Å². The van der Waals surface area contributed by atoms with Crippen LogP contribution < -0.4 is 0 Å². The first kappa shape index (κ1) is 28.4. The first-order valence-corrected chi connectivity index (χ1v) is 17.2. The summed E-state index contributed by atoms with van der Waals surface area (Å²) in [6.45, 7) is 0. The molecule has 8 aromatic carbocycles. The highest BCUT2D eigenvalue weighted by molar-refractivity contribution is 6.18. The first-order valence-electron chi connectivity index (χ1n) is 17.2. The Kier molecular flexibility index (Phi) is 6.53. The zero-order valence-corrected chi connectivity index (χ0v) is 27.4. The van der Waals surface area contributed by atoms with Gasteiger partial charge in [0.1, 0.15) is 0 Å². The molecule has 0 spiro atoms. The Labute approximate surface area is 290 Å². The van der Waals surface area contributed by atoms with Gasteiger partial charge in [0.2, 0.25) is 0 Å². The molecular weight excluding hydrogens is 605 g/mol. The minimum atomic E-state index is 1.16. The van der Waals surface area contributed by atoms with Crippen LogP contribution in [0, 0.1) is 0 Å². The highest BCUT2D eigenvalue weighted by atomic mass is 15.0. The van der Waals surface area contributed by atoms with Gasteiger partial charge in [-0.05, 0) is 100 Å². The molecule has 0 fully saturated rings. The van der Waals surface area contributed by atoms with Crippen LogP contribution >= 0.6 is 0 Å². The smallest absolute Gasteiger partial charge is 0.0547 e. The third-order valence-electron chi connectivity index (χ3n) is 10.1. The second-order valence-electron chi connectivity index (χ2n) is 12.9. The van der Waals surface area contributed by atoms with Gasteiger partial charge in [-0.15, -0.1) is 0 Å². The fourth-order valence-corrected chi connectivity index (χ4v) is 7.97. The van der Waals surface area contributed by atoms with Crippen LogP contribution in [0.15, 0.2) is 194 Å². The molecule has 0 aliphatic carbocycles.